The molecule has 0 fully saturated rings. The Labute approximate surface area is 76.9 Å². The van der Waals surface area contributed by atoms with E-state index in [1.165, 1.54) is 4.88 Å². The van der Waals surface area contributed by atoms with Gasteiger partial charge in [0.1, 0.15) is 0 Å². The summed E-state index contributed by atoms with van der Waals surface area (Å²) in [6, 6.07) is 4.62. The molecule has 1 aliphatic rings. The topological polar surface area (TPSA) is 26.0 Å². The van der Waals surface area contributed by atoms with Gasteiger partial charge in [-0.3, -0.25) is 0 Å². The molecule has 0 bridgehead atoms. The van der Waals surface area contributed by atoms with Crippen molar-refractivity contribution in [3.63, 3.8) is 0 Å². The van der Waals surface area contributed by atoms with E-state index in [0.29, 0.717) is 12.0 Å². The van der Waals surface area contributed by atoms with Crippen LogP contribution in [0.5, 0.6) is 0 Å². The Bertz CT molecular complexity index is 263. The van der Waals surface area contributed by atoms with Crippen LogP contribution >= 0.6 is 11.3 Å². The Hall–Kier alpha value is -0.600. The normalized spacial score (nSPS) is 29.1. The molecule has 0 amide bonds. The predicted octanol–water partition coefficient (Wildman–Crippen LogP) is 2.51. The van der Waals surface area contributed by atoms with Gasteiger partial charge < -0.3 is 5.73 Å². The Balaban J connectivity index is 2.18. The van der Waals surface area contributed by atoms with Crippen molar-refractivity contribution in [1.29, 1.82) is 0 Å². The lowest BCUT2D eigenvalue weighted by atomic mass is 9.88. The minimum atomic E-state index is 0.327. The Morgan fingerprint density at radius 3 is 2.83 bits per heavy atom. The lowest BCUT2D eigenvalue weighted by molar-refractivity contribution is 0.528. The van der Waals surface area contributed by atoms with Crippen molar-refractivity contribution in [2.45, 2.75) is 24.8 Å². The number of hydrogen-bond acceptors (Lipinski definition) is 2. The summed E-state index contributed by atoms with van der Waals surface area (Å²) in [5.74, 6) is 0.565. The SMILES string of the molecule is N[C@H]1CC=CC[C@@H]1c1cccs1. The molecule has 1 nitrogen and oxygen atoms in total. The molecule has 1 aromatic heterocycles. The first-order chi connectivity index (χ1) is 5.88. The molecule has 1 heterocycles. The molecule has 0 radical (unpaired) electrons. The maximum Gasteiger partial charge on any atom is 0.0153 e. The van der Waals surface area contributed by atoms with Gasteiger partial charge in [-0.15, -0.1) is 11.3 Å². The summed E-state index contributed by atoms with van der Waals surface area (Å²) in [5.41, 5.74) is 6.03. The Kier molecular flexibility index (Phi) is 2.28. The van der Waals surface area contributed by atoms with Crippen LogP contribution in [0.2, 0.25) is 0 Å². The van der Waals surface area contributed by atoms with Crippen LogP contribution in [0.3, 0.4) is 0 Å². The van der Waals surface area contributed by atoms with Crippen molar-refractivity contribution < 1.29 is 0 Å². The van der Waals surface area contributed by atoms with Crippen molar-refractivity contribution in [2.75, 3.05) is 0 Å². The molecule has 12 heavy (non-hydrogen) atoms. The van der Waals surface area contributed by atoms with Crippen LogP contribution in [-0.4, -0.2) is 6.04 Å². The van der Waals surface area contributed by atoms with E-state index in [1.54, 1.807) is 0 Å². The number of rotatable bonds is 1. The van der Waals surface area contributed by atoms with E-state index in [-0.39, 0.29) is 0 Å². The van der Waals surface area contributed by atoms with Gasteiger partial charge in [0, 0.05) is 16.8 Å². The van der Waals surface area contributed by atoms with Gasteiger partial charge in [-0.1, -0.05) is 18.2 Å². The molecule has 0 saturated heterocycles. The molecule has 2 atom stereocenters. The van der Waals surface area contributed by atoms with Crippen LogP contribution in [-0.2, 0) is 0 Å². The minimum absolute atomic E-state index is 0.327. The van der Waals surface area contributed by atoms with Crippen LogP contribution in [0.4, 0.5) is 0 Å². The lowest BCUT2D eigenvalue weighted by Gasteiger charge is -2.23. The van der Waals surface area contributed by atoms with Gasteiger partial charge >= 0.3 is 0 Å². The maximum atomic E-state index is 6.03. The van der Waals surface area contributed by atoms with Crippen molar-refractivity contribution in [2.24, 2.45) is 5.73 Å². The Morgan fingerprint density at radius 2 is 2.17 bits per heavy atom. The molecule has 2 N–H and O–H groups in total. The minimum Gasteiger partial charge on any atom is -0.327 e. The zero-order valence-corrected chi connectivity index (χ0v) is 7.76. The highest BCUT2D eigenvalue weighted by molar-refractivity contribution is 7.10. The maximum absolute atomic E-state index is 6.03. The highest BCUT2D eigenvalue weighted by Gasteiger charge is 2.20. The molecular formula is C10H13NS. The number of thiophene rings is 1. The van der Waals surface area contributed by atoms with Gasteiger partial charge in [0.15, 0.2) is 0 Å². The second kappa shape index (κ2) is 3.42. The van der Waals surface area contributed by atoms with E-state index in [9.17, 15) is 0 Å². The highest BCUT2D eigenvalue weighted by atomic mass is 32.1. The summed E-state index contributed by atoms with van der Waals surface area (Å²) in [5, 5.41) is 2.13. The molecule has 1 aromatic rings. The molecule has 0 aliphatic heterocycles. The van der Waals surface area contributed by atoms with Gasteiger partial charge in [0.2, 0.25) is 0 Å². The van der Waals surface area contributed by atoms with Crippen LogP contribution in [0.25, 0.3) is 0 Å². The standard InChI is InChI=1S/C10H13NS/c11-9-5-2-1-4-8(9)10-6-3-7-12-10/h1-3,6-9H,4-5,11H2/t8-,9-/m0/s1. The first kappa shape index (κ1) is 8.02. The summed E-state index contributed by atoms with van der Waals surface area (Å²) >= 11 is 1.82. The van der Waals surface area contributed by atoms with Crippen molar-refractivity contribution in [3.05, 3.63) is 34.5 Å². The first-order valence-corrected chi connectivity index (χ1v) is 5.20. The second-order valence-electron chi connectivity index (χ2n) is 3.23. The van der Waals surface area contributed by atoms with Gasteiger partial charge in [0.25, 0.3) is 0 Å². The molecule has 0 aromatic carbocycles. The van der Waals surface area contributed by atoms with E-state index < -0.39 is 0 Å². The van der Waals surface area contributed by atoms with Crippen LogP contribution in [0.1, 0.15) is 23.6 Å². The number of hydrogen-bond donors (Lipinski definition) is 1. The highest BCUT2D eigenvalue weighted by Crippen LogP contribution is 2.30. The quantitative estimate of drug-likeness (QED) is 0.659. The summed E-state index contributed by atoms with van der Waals surface area (Å²) in [7, 11) is 0. The van der Waals surface area contributed by atoms with E-state index >= 15 is 0 Å². The number of allylic oxidation sites excluding steroid dienone is 1. The third kappa shape index (κ3) is 1.45. The molecule has 1 aliphatic carbocycles. The molecule has 0 unspecified atom stereocenters. The second-order valence-corrected chi connectivity index (χ2v) is 4.21. The molecular weight excluding hydrogens is 166 g/mol. The summed E-state index contributed by atoms with van der Waals surface area (Å²) in [4.78, 5) is 1.44. The third-order valence-electron chi connectivity index (χ3n) is 2.39. The van der Waals surface area contributed by atoms with E-state index in [0.717, 1.165) is 12.8 Å². The fraction of sp³-hybridized carbons (Fsp3) is 0.400. The molecule has 2 rings (SSSR count). The summed E-state index contributed by atoms with van der Waals surface area (Å²) < 4.78 is 0. The first-order valence-electron chi connectivity index (χ1n) is 4.32. The number of nitrogens with two attached hydrogens (primary N) is 1. The summed E-state index contributed by atoms with van der Waals surface area (Å²) in [6.07, 6.45) is 6.58. The third-order valence-corrected chi connectivity index (χ3v) is 3.39. The monoisotopic (exact) mass is 179 g/mol. The van der Waals surface area contributed by atoms with Crippen LogP contribution in [0.15, 0.2) is 29.7 Å². The zero-order chi connectivity index (χ0) is 8.39. The van der Waals surface area contributed by atoms with Gasteiger partial charge in [-0.05, 0) is 24.3 Å². The Morgan fingerprint density at radius 1 is 1.33 bits per heavy atom. The average molecular weight is 179 g/mol. The van der Waals surface area contributed by atoms with Crippen molar-refractivity contribution in [3.8, 4) is 0 Å². The van der Waals surface area contributed by atoms with Gasteiger partial charge in [0.05, 0.1) is 0 Å². The average Bonchev–Trinajstić information content (AvgIpc) is 2.57. The zero-order valence-electron chi connectivity index (χ0n) is 6.94. The van der Waals surface area contributed by atoms with Crippen molar-refractivity contribution in [1.82, 2.24) is 0 Å². The van der Waals surface area contributed by atoms with Gasteiger partial charge in [-0.25, -0.2) is 0 Å². The molecule has 0 spiro atoms. The largest absolute Gasteiger partial charge is 0.327 e. The van der Waals surface area contributed by atoms with E-state index in [1.807, 2.05) is 11.3 Å². The van der Waals surface area contributed by atoms with E-state index in [2.05, 4.69) is 29.7 Å². The van der Waals surface area contributed by atoms with Crippen LogP contribution in [0, 0.1) is 0 Å². The fourth-order valence-corrected chi connectivity index (χ4v) is 2.58. The molecule has 2 heteroatoms. The van der Waals surface area contributed by atoms with Crippen LogP contribution < -0.4 is 5.73 Å². The fourth-order valence-electron chi connectivity index (χ4n) is 1.66. The van der Waals surface area contributed by atoms with E-state index in [4.69, 9.17) is 5.73 Å². The molecule has 64 valence electrons. The van der Waals surface area contributed by atoms with Crippen molar-refractivity contribution >= 4 is 11.3 Å². The van der Waals surface area contributed by atoms with Gasteiger partial charge in [-0.2, -0.15) is 0 Å². The summed E-state index contributed by atoms with van der Waals surface area (Å²) in [6.45, 7) is 0. The predicted molar refractivity (Wildman–Crippen MR) is 53.4 cm³/mol. The lowest BCUT2D eigenvalue weighted by Crippen LogP contribution is -2.28. The smallest absolute Gasteiger partial charge is 0.0153 e. The molecule has 0 saturated carbocycles.